The summed E-state index contributed by atoms with van der Waals surface area (Å²) >= 11 is 5.46. The summed E-state index contributed by atoms with van der Waals surface area (Å²) in [7, 11) is 0. The van der Waals surface area contributed by atoms with Crippen molar-refractivity contribution in [1.82, 2.24) is 0 Å². The molecule has 0 bridgehead atoms. The Hall–Kier alpha value is -4.17. The first-order valence-corrected chi connectivity index (χ1v) is 45.7. The lowest BCUT2D eigenvalue weighted by molar-refractivity contribution is -0.333. The molecule has 0 spiro atoms. The van der Waals surface area contributed by atoms with Crippen molar-refractivity contribution in [1.29, 1.82) is 0 Å². The first-order chi connectivity index (χ1) is 61.0. The van der Waals surface area contributed by atoms with Crippen molar-refractivity contribution >= 4 is 11.6 Å². The first kappa shape index (κ1) is 100. The van der Waals surface area contributed by atoms with Crippen molar-refractivity contribution in [3.05, 3.63) is 60.2 Å². The minimum absolute atomic E-state index is 0.00901. The predicted octanol–water partition coefficient (Wildman–Crippen LogP) is -3.29. The molecule has 13 fully saturated rings. The van der Waals surface area contributed by atoms with Crippen LogP contribution in [0.4, 0.5) is 0 Å². The van der Waals surface area contributed by atoms with Crippen LogP contribution < -0.4 is 5.73 Å². The zero-order valence-electron chi connectivity index (χ0n) is 71.1. The van der Waals surface area contributed by atoms with Crippen LogP contribution >= 0.6 is 11.6 Å². The molecule has 13 aliphatic heterocycles. The van der Waals surface area contributed by atoms with E-state index in [-0.39, 0.29) is 130 Å². The number of unbranched alkanes of at least 4 members (excludes halogenated alkanes) is 1. The van der Waals surface area contributed by atoms with Gasteiger partial charge in [-0.05, 0) is 107 Å². The Morgan fingerprint density at radius 1 is 0.425 bits per heavy atom. The number of hydrogen-bond donors (Lipinski definition) is 21. The smallest absolute Gasteiger partial charge is 0.187 e. The monoisotopic (exact) mass is 1820 g/mol. The number of nitrogens with two attached hydrogens (primary N) is 1. The molecule has 0 aromatic heterocycles. The maximum Gasteiger partial charge on any atom is 0.187 e. The fourth-order valence-corrected chi connectivity index (χ4v) is 20.7. The maximum atomic E-state index is 12.0. The van der Waals surface area contributed by atoms with Gasteiger partial charge >= 0.3 is 0 Å². The highest BCUT2D eigenvalue weighted by molar-refractivity contribution is 6.25. The molecule has 22 N–H and O–H groups in total. The molecule has 35 nitrogen and oxygen atoms in total. The van der Waals surface area contributed by atoms with Crippen molar-refractivity contribution in [2.24, 2.45) is 11.7 Å². The minimum atomic E-state index is -2.32. The Labute approximate surface area is 744 Å². The van der Waals surface area contributed by atoms with Gasteiger partial charge in [-0.2, -0.15) is 0 Å². The van der Waals surface area contributed by atoms with Crippen LogP contribution in [0.15, 0.2) is 60.2 Å². The largest absolute Gasteiger partial charge is 0.394 e. The molecular formula is C91H132ClNO34. The molecule has 13 rings (SSSR count). The topological polar surface area (TPSA) is 560 Å². The van der Waals surface area contributed by atoms with Gasteiger partial charge in [0.15, 0.2) is 6.29 Å². The van der Waals surface area contributed by atoms with Gasteiger partial charge in [0.2, 0.25) is 0 Å². The number of fused-ring (bicyclic) bond motifs is 7. The van der Waals surface area contributed by atoms with Gasteiger partial charge < -0.3 is 174 Å². The molecule has 712 valence electrons. The number of halogens is 1. The fourth-order valence-electron chi connectivity index (χ4n) is 20.7. The minimum Gasteiger partial charge on any atom is -0.394 e. The molecule has 48 atom stereocenters. The molecule has 48 unspecified atom stereocenters. The standard InChI is InChI=1S/C91H132ClNO34/c1-3-4-5-19-24-48(95)72(103)76(107)73(104)50(97)37-52(99)84(127-91-82(113)78(109)75(106)71(43-94)125-91)53(100)39-69-74(105)77(108)79(110)89(124-69)90-81(112)80(111)88-62(123-90)32-31-61(122-88)86-55(102)40-70-87(126-86)51(98)36-47(115-70)35-49(96)56-27-28-58-63(116-56)34-44(2)83(120-58)59-29-30-60-85(121-59)54(101)38-64-66(118-60)42-67-68(119-64)41-65-57(117-67)26-25-46(114-65)23-18-15-17-22-45(93)21-16-13-11-9-7-6-8-10-12-14-20-33-92/h1,9,11,13,15-18,20,23,33,44-91,94-113H,8,10,19,21-22,24-32,34-43,93H2,2H3. The highest BCUT2D eigenvalue weighted by Gasteiger charge is 2.60. The third-order valence-electron chi connectivity index (χ3n) is 27.6. The van der Waals surface area contributed by atoms with E-state index in [1.807, 2.05) is 36.5 Å². The van der Waals surface area contributed by atoms with Crippen molar-refractivity contribution < 1.29 is 168 Å². The average molecular weight is 1820 g/mol. The van der Waals surface area contributed by atoms with Gasteiger partial charge in [0.05, 0.1) is 165 Å². The van der Waals surface area contributed by atoms with E-state index in [0.29, 0.717) is 64.2 Å². The summed E-state index contributed by atoms with van der Waals surface area (Å²) in [5, 5.41) is 224. The second-order valence-electron chi connectivity index (χ2n) is 36.5. The van der Waals surface area contributed by atoms with Crippen LogP contribution in [0.25, 0.3) is 0 Å². The molecule has 0 aliphatic carbocycles. The van der Waals surface area contributed by atoms with Crippen molar-refractivity contribution in [3.8, 4) is 47.9 Å². The second kappa shape index (κ2) is 46.9. The molecular weight excluding hydrogens is 1690 g/mol. The third kappa shape index (κ3) is 24.8. The van der Waals surface area contributed by atoms with Gasteiger partial charge in [0, 0.05) is 82.2 Å². The predicted molar refractivity (Wildman–Crippen MR) is 446 cm³/mol. The molecule has 127 heavy (non-hydrogen) atoms. The van der Waals surface area contributed by atoms with Gasteiger partial charge in [-0.1, -0.05) is 90.7 Å². The molecule has 0 amide bonds. The SMILES string of the molecule is C#CC#CCCC(O)C(O)C(O)C(O)C(O)CC(O)C(OC1OC(CO)C(O)C(O)C1O)C(O)CC1OC(C2OC3CCC(C4OC5C(O)CC(CC(O)C6CCC7OC(C8CCC9OC%10CC%11OC%12CCC(C=CC=CCC(N)CC=CC=CC#CCCC#CC=CCl)OC%12CC%11OC%10CC(O)C9O8)C(C)CC7O6)OC5CC4O)OC3C(O)C2O)C(O)C(O)C1O. The zero-order valence-corrected chi connectivity index (χ0v) is 71.9. The van der Waals surface area contributed by atoms with Gasteiger partial charge in [-0.25, -0.2) is 0 Å². The number of terminal acetylenes is 1. The molecule has 0 aromatic carbocycles. The van der Waals surface area contributed by atoms with E-state index in [2.05, 4.69) is 60.5 Å². The first-order valence-electron chi connectivity index (χ1n) is 45.3. The molecule has 0 radical (unpaired) electrons. The van der Waals surface area contributed by atoms with Crippen molar-refractivity contribution in [2.45, 2.75) is 442 Å². The van der Waals surface area contributed by atoms with E-state index < -0.39 is 227 Å². The van der Waals surface area contributed by atoms with Crippen molar-refractivity contribution in [3.63, 3.8) is 0 Å². The molecule has 13 saturated heterocycles. The number of ether oxygens (including phenoxy) is 14. The summed E-state index contributed by atoms with van der Waals surface area (Å²) in [6.45, 7) is 1.16. The van der Waals surface area contributed by atoms with E-state index in [1.54, 1.807) is 6.08 Å². The number of aliphatic hydroxyl groups is 20. The van der Waals surface area contributed by atoms with Crippen LogP contribution in [-0.2, 0) is 66.3 Å². The number of rotatable bonds is 29. The summed E-state index contributed by atoms with van der Waals surface area (Å²) in [5.41, 5.74) is 7.75. The van der Waals surface area contributed by atoms with Gasteiger partial charge in [0.25, 0.3) is 0 Å². The summed E-state index contributed by atoms with van der Waals surface area (Å²) < 4.78 is 90.3. The van der Waals surface area contributed by atoms with E-state index in [1.165, 1.54) is 5.54 Å². The van der Waals surface area contributed by atoms with E-state index in [9.17, 15) is 102 Å². The number of aliphatic hydroxyl groups excluding tert-OH is 20. The summed E-state index contributed by atoms with van der Waals surface area (Å²) in [4.78, 5) is 0. The van der Waals surface area contributed by atoms with Crippen molar-refractivity contribution in [2.75, 3.05) is 6.61 Å². The summed E-state index contributed by atoms with van der Waals surface area (Å²) in [6.07, 6.45) is -27.2. The highest BCUT2D eigenvalue weighted by Crippen LogP contribution is 2.48. The van der Waals surface area contributed by atoms with E-state index in [4.69, 9.17) is 90.1 Å². The lowest BCUT2D eigenvalue weighted by atomic mass is 9.81. The van der Waals surface area contributed by atoms with Crippen LogP contribution in [0.1, 0.15) is 155 Å². The van der Waals surface area contributed by atoms with Gasteiger partial charge in [-0.3, -0.25) is 0 Å². The molecule has 0 aromatic rings. The fraction of sp³-hybridized carbons (Fsp3) is 0.802. The van der Waals surface area contributed by atoms with Crippen LogP contribution in [0.2, 0.25) is 0 Å². The Kier molecular flexibility index (Phi) is 37.0. The lowest BCUT2D eigenvalue weighted by Gasteiger charge is -2.53. The second-order valence-corrected chi connectivity index (χ2v) is 36.8. The maximum absolute atomic E-state index is 12.0. The lowest BCUT2D eigenvalue weighted by Crippen LogP contribution is -2.70. The molecule has 0 saturated carbocycles. The third-order valence-corrected chi connectivity index (χ3v) is 27.7. The zero-order chi connectivity index (χ0) is 90.6. The van der Waals surface area contributed by atoms with E-state index >= 15 is 0 Å². The number of allylic oxidation sites excluding steroid dienone is 6. The quantitative estimate of drug-likeness (QED) is 0.0198. The van der Waals surface area contributed by atoms with Crippen LogP contribution in [-0.4, -0.2) is 396 Å². The Bertz CT molecular complexity index is 3840. The molecule has 13 aliphatic rings. The Morgan fingerprint density at radius 3 is 1.65 bits per heavy atom. The van der Waals surface area contributed by atoms with Gasteiger partial charge in [-0.15, -0.1) is 6.42 Å². The Balaban J connectivity index is 0.537. The average Bonchev–Trinajstić information content (AvgIpc) is 1.65. The van der Waals surface area contributed by atoms with Crippen LogP contribution in [0.3, 0.4) is 0 Å². The molecule has 36 heteroatoms. The highest BCUT2D eigenvalue weighted by atomic mass is 35.5. The van der Waals surface area contributed by atoms with Crippen LogP contribution in [0.5, 0.6) is 0 Å². The normalized spacial score (nSPS) is 44.7. The molecule has 13 heterocycles. The summed E-state index contributed by atoms with van der Waals surface area (Å²) in [6, 6.07) is -0.0133. The summed E-state index contributed by atoms with van der Waals surface area (Å²) in [5.74, 6) is 18.7. The number of hydrogen-bond acceptors (Lipinski definition) is 35. The van der Waals surface area contributed by atoms with Gasteiger partial charge in [0.1, 0.15) is 116 Å². The Morgan fingerprint density at radius 2 is 0.945 bits per heavy atom. The van der Waals surface area contributed by atoms with E-state index in [0.717, 1.165) is 25.7 Å². The van der Waals surface area contributed by atoms with Crippen LogP contribution in [0, 0.1) is 53.8 Å².